The monoisotopic (exact) mass is 369 g/mol. The van der Waals surface area contributed by atoms with E-state index in [2.05, 4.69) is 16.0 Å². The lowest BCUT2D eigenvalue weighted by Gasteiger charge is -2.40. The molecule has 0 amide bonds. The van der Waals surface area contributed by atoms with Crippen LogP contribution in [-0.2, 0) is 11.2 Å². The Morgan fingerprint density at radius 3 is 2.74 bits per heavy atom. The van der Waals surface area contributed by atoms with E-state index >= 15 is 0 Å². The number of nitrogens with zero attached hydrogens (tertiary/aromatic N) is 2. The third kappa shape index (κ3) is 4.70. The van der Waals surface area contributed by atoms with Crippen molar-refractivity contribution in [3.05, 3.63) is 30.1 Å². The Balaban J connectivity index is 1.44. The summed E-state index contributed by atoms with van der Waals surface area (Å²) in [6, 6.07) is 8.11. The fourth-order valence-electron chi connectivity index (χ4n) is 5.13. The van der Waals surface area contributed by atoms with Gasteiger partial charge in [-0.05, 0) is 55.7 Å². The minimum absolute atomic E-state index is 0.248. The molecule has 0 spiro atoms. The number of rotatable bonds is 6. The Bertz CT molecular complexity index is 733. The first-order chi connectivity index (χ1) is 13.2. The molecule has 2 heterocycles. The summed E-state index contributed by atoms with van der Waals surface area (Å²) in [5.74, 6) is 1.77. The molecule has 0 bridgehead atoms. The van der Waals surface area contributed by atoms with Crippen molar-refractivity contribution in [3.8, 4) is 0 Å². The molecule has 5 nitrogen and oxygen atoms in total. The lowest BCUT2D eigenvalue weighted by molar-refractivity contribution is -0.139. The summed E-state index contributed by atoms with van der Waals surface area (Å²) < 4.78 is 0. The number of fused-ring (bicyclic) bond motifs is 1. The quantitative estimate of drug-likeness (QED) is 0.804. The maximum atomic E-state index is 11.4. The first kappa shape index (κ1) is 18.5. The van der Waals surface area contributed by atoms with Crippen LogP contribution in [0.4, 0.5) is 0 Å². The van der Waals surface area contributed by atoms with Crippen molar-refractivity contribution < 1.29 is 9.90 Å². The van der Waals surface area contributed by atoms with E-state index in [1.54, 1.807) is 0 Å². The predicted molar refractivity (Wildman–Crippen MR) is 107 cm³/mol. The summed E-state index contributed by atoms with van der Waals surface area (Å²) >= 11 is 0. The summed E-state index contributed by atoms with van der Waals surface area (Å²) in [5.41, 5.74) is 2.06. The van der Waals surface area contributed by atoms with Crippen molar-refractivity contribution in [2.24, 2.45) is 17.8 Å². The highest BCUT2D eigenvalue weighted by Gasteiger charge is 2.32. The smallest absolute Gasteiger partial charge is 0.303 e. The SMILES string of the molecule is O=C(O)CC1CCN(CC2CCCCC2)CC1Cc1nc2ccccc2[nH]1. The fraction of sp³-hybridized carbons (Fsp3) is 0.636. The molecule has 1 saturated carbocycles. The first-order valence-corrected chi connectivity index (χ1v) is 10.5. The van der Waals surface area contributed by atoms with Gasteiger partial charge >= 0.3 is 5.97 Å². The summed E-state index contributed by atoms with van der Waals surface area (Å²) in [6.07, 6.45) is 8.99. The zero-order valence-corrected chi connectivity index (χ0v) is 16.1. The highest BCUT2D eigenvalue weighted by Crippen LogP contribution is 2.32. The molecule has 2 atom stereocenters. The van der Waals surface area contributed by atoms with Crippen molar-refractivity contribution in [3.63, 3.8) is 0 Å². The minimum Gasteiger partial charge on any atom is -0.481 e. The Morgan fingerprint density at radius 2 is 1.96 bits per heavy atom. The number of aliphatic carboxylic acids is 1. The van der Waals surface area contributed by atoms with Gasteiger partial charge in [0.05, 0.1) is 11.0 Å². The number of hydrogen-bond acceptors (Lipinski definition) is 3. The highest BCUT2D eigenvalue weighted by atomic mass is 16.4. The van der Waals surface area contributed by atoms with Crippen molar-refractivity contribution in [1.29, 1.82) is 0 Å². The van der Waals surface area contributed by atoms with Crippen LogP contribution in [0.25, 0.3) is 11.0 Å². The summed E-state index contributed by atoms with van der Waals surface area (Å²) in [6.45, 7) is 3.24. The first-order valence-electron chi connectivity index (χ1n) is 10.5. The van der Waals surface area contributed by atoms with Crippen LogP contribution >= 0.6 is 0 Å². The molecular formula is C22H31N3O2. The largest absolute Gasteiger partial charge is 0.481 e. The van der Waals surface area contributed by atoms with E-state index in [1.165, 1.54) is 38.6 Å². The molecular weight excluding hydrogens is 338 g/mol. The van der Waals surface area contributed by atoms with Gasteiger partial charge in [0.2, 0.25) is 0 Å². The number of nitrogens with one attached hydrogen (secondary N) is 1. The number of imidazole rings is 1. The molecule has 27 heavy (non-hydrogen) atoms. The van der Waals surface area contributed by atoms with E-state index < -0.39 is 5.97 Å². The molecule has 2 N–H and O–H groups in total. The van der Waals surface area contributed by atoms with Gasteiger partial charge in [-0.1, -0.05) is 31.4 Å². The van der Waals surface area contributed by atoms with Gasteiger partial charge in [-0.25, -0.2) is 4.98 Å². The maximum Gasteiger partial charge on any atom is 0.303 e. The lowest BCUT2D eigenvalue weighted by atomic mass is 9.80. The second kappa shape index (κ2) is 8.42. The lowest BCUT2D eigenvalue weighted by Crippen LogP contribution is -2.44. The molecule has 1 aliphatic heterocycles. The number of likely N-dealkylation sites (tertiary alicyclic amines) is 1. The van der Waals surface area contributed by atoms with Crippen LogP contribution in [0.2, 0.25) is 0 Å². The average molecular weight is 370 g/mol. The molecule has 2 unspecified atom stereocenters. The number of carboxylic acids is 1. The van der Waals surface area contributed by atoms with E-state index in [1.807, 2.05) is 18.2 Å². The topological polar surface area (TPSA) is 69.2 Å². The van der Waals surface area contributed by atoms with Gasteiger partial charge < -0.3 is 15.0 Å². The minimum atomic E-state index is -0.671. The van der Waals surface area contributed by atoms with Gasteiger partial charge in [0.25, 0.3) is 0 Å². The molecule has 1 saturated heterocycles. The summed E-state index contributed by atoms with van der Waals surface area (Å²) in [7, 11) is 0. The number of piperidine rings is 1. The Kier molecular flexibility index (Phi) is 5.77. The van der Waals surface area contributed by atoms with Gasteiger partial charge in [0.15, 0.2) is 0 Å². The van der Waals surface area contributed by atoms with Crippen molar-refractivity contribution >= 4 is 17.0 Å². The van der Waals surface area contributed by atoms with Crippen LogP contribution in [0.15, 0.2) is 24.3 Å². The molecule has 2 fully saturated rings. The number of benzene rings is 1. The molecule has 0 radical (unpaired) electrons. The summed E-state index contributed by atoms with van der Waals surface area (Å²) in [5, 5.41) is 9.35. The van der Waals surface area contributed by atoms with Crippen molar-refractivity contribution in [2.75, 3.05) is 19.6 Å². The molecule has 2 aliphatic rings. The Hall–Kier alpha value is -1.88. The van der Waals surface area contributed by atoms with E-state index in [9.17, 15) is 9.90 Å². The molecule has 1 aliphatic carbocycles. The number of para-hydroxylation sites is 2. The molecule has 5 heteroatoms. The maximum absolute atomic E-state index is 11.4. The third-order valence-corrected chi connectivity index (χ3v) is 6.55. The summed E-state index contributed by atoms with van der Waals surface area (Å²) in [4.78, 5) is 22.1. The zero-order chi connectivity index (χ0) is 18.6. The second-order valence-electron chi connectivity index (χ2n) is 8.58. The number of aromatic amines is 1. The van der Waals surface area contributed by atoms with Crippen molar-refractivity contribution in [1.82, 2.24) is 14.9 Å². The van der Waals surface area contributed by atoms with Crippen LogP contribution in [-0.4, -0.2) is 45.6 Å². The Morgan fingerprint density at radius 1 is 1.15 bits per heavy atom. The number of hydrogen-bond donors (Lipinski definition) is 2. The van der Waals surface area contributed by atoms with Crippen LogP contribution < -0.4 is 0 Å². The van der Waals surface area contributed by atoms with Crippen LogP contribution in [0.5, 0.6) is 0 Å². The van der Waals surface area contributed by atoms with Gasteiger partial charge in [0.1, 0.15) is 5.82 Å². The molecule has 146 valence electrons. The fourth-order valence-corrected chi connectivity index (χ4v) is 5.13. The van der Waals surface area contributed by atoms with E-state index in [0.717, 1.165) is 48.7 Å². The number of aromatic nitrogens is 2. The van der Waals surface area contributed by atoms with Crippen LogP contribution in [0.3, 0.4) is 0 Å². The van der Waals surface area contributed by atoms with E-state index in [-0.39, 0.29) is 12.3 Å². The predicted octanol–water partition coefficient (Wildman–Crippen LogP) is 4.10. The van der Waals surface area contributed by atoms with Gasteiger partial charge in [-0.15, -0.1) is 0 Å². The molecule has 1 aromatic carbocycles. The third-order valence-electron chi connectivity index (χ3n) is 6.55. The standard InChI is InChI=1S/C22H31N3O2/c26-22(27)13-17-10-11-25(14-16-6-2-1-3-7-16)15-18(17)12-21-23-19-8-4-5-9-20(19)24-21/h4-5,8-9,16-18H,1-3,6-7,10-15H2,(H,23,24)(H,26,27). The number of carbonyl (C=O) groups is 1. The van der Waals surface area contributed by atoms with Crippen molar-refractivity contribution in [2.45, 2.75) is 51.4 Å². The van der Waals surface area contributed by atoms with Gasteiger partial charge in [0, 0.05) is 25.9 Å². The highest BCUT2D eigenvalue weighted by molar-refractivity contribution is 5.74. The number of H-pyrrole nitrogens is 1. The molecule has 2 aromatic rings. The molecule has 1 aromatic heterocycles. The van der Waals surface area contributed by atoms with Crippen LogP contribution in [0.1, 0.15) is 50.8 Å². The van der Waals surface area contributed by atoms with Gasteiger partial charge in [-0.2, -0.15) is 0 Å². The Labute approximate surface area is 161 Å². The van der Waals surface area contributed by atoms with E-state index in [0.29, 0.717) is 5.92 Å². The second-order valence-corrected chi connectivity index (χ2v) is 8.58. The van der Waals surface area contributed by atoms with E-state index in [4.69, 9.17) is 4.98 Å². The molecule has 4 rings (SSSR count). The average Bonchev–Trinajstić information content (AvgIpc) is 3.07. The van der Waals surface area contributed by atoms with Crippen LogP contribution in [0, 0.1) is 17.8 Å². The van der Waals surface area contributed by atoms with Gasteiger partial charge in [-0.3, -0.25) is 4.79 Å². The normalized spacial score (nSPS) is 25.0. The number of carboxylic acid groups (broad SMARTS) is 1. The zero-order valence-electron chi connectivity index (χ0n) is 16.1.